The number of fused-ring (bicyclic) bond motifs is 2. The van der Waals surface area contributed by atoms with Crippen molar-refractivity contribution in [3.05, 3.63) is 84.1 Å². The zero-order valence-electron chi connectivity index (χ0n) is 14.2. The molecule has 0 amide bonds. The fourth-order valence-electron chi connectivity index (χ4n) is 3.00. The van der Waals surface area contributed by atoms with Crippen LogP contribution in [0.25, 0.3) is 21.7 Å². The number of benzene rings is 3. The van der Waals surface area contributed by atoms with E-state index in [-0.39, 0.29) is 5.96 Å². The summed E-state index contributed by atoms with van der Waals surface area (Å²) in [7, 11) is 0. The Hall–Kier alpha value is -3.60. The van der Waals surface area contributed by atoms with E-state index in [2.05, 4.69) is 44.8 Å². The molecule has 0 aliphatic rings. The number of aromatic nitrogens is 1. The lowest BCUT2D eigenvalue weighted by Gasteiger charge is -2.04. The zero-order chi connectivity index (χ0) is 17.8. The van der Waals surface area contributed by atoms with E-state index in [1.54, 1.807) is 6.21 Å². The van der Waals surface area contributed by atoms with Crippen molar-refractivity contribution >= 4 is 33.8 Å². The molecular weight excluding hydrogens is 322 g/mol. The predicted octanol–water partition coefficient (Wildman–Crippen LogP) is 3.76. The summed E-state index contributed by atoms with van der Waals surface area (Å²) < 4.78 is 0. The zero-order valence-corrected chi connectivity index (χ0v) is 14.2. The Labute approximate surface area is 151 Å². The van der Waals surface area contributed by atoms with Crippen molar-refractivity contribution in [3.8, 4) is 0 Å². The molecule has 1 heterocycles. The number of hydrazone groups is 1. The van der Waals surface area contributed by atoms with Gasteiger partial charge in [0.15, 0.2) is 0 Å². The second kappa shape index (κ2) is 7.11. The van der Waals surface area contributed by atoms with Crippen LogP contribution in [-0.4, -0.2) is 17.2 Å². The van der Waals surface area contributed by atoms with E-state index >= 15 is 0 Å². The van der Waals surface area contributed by atoms with Crippen LogP contribution in [0.3, 0.4) is 0 Å². The molecule has 128 valence electrons. The van der Waals surface area contributed by atoms with Crippen LogP contribution in [0.5, 0.6) is 0 Å². The molecule has 4 aromatic rings. The first-order chi connectivity index (χ1) is 12.8. The van der Waals surface area contributed by atoms with Crippen molar-refractivity contribution in [2.24, 2.45) is 15.8 Å². The van der Waals surface area contributed by atoms with Gasteiger partial charge in [0, 0.05) is 22.7 Å². The molecule has 0 atom stereocenters. The van der Waals surface area contributed by atoms with Gasteiger partial charge in [-0.25, -0.2) is 10.4 Å². The lowest BCUT2D eigenvalue weighted by Crippen LogP contribution is -2.27. The average Bonchev–Trinajstić information content (AvgIpc) is 3.09. The van der Waals surface area contributed by atoms with Crippen LogP contribution in [0.4, 0.5) is 0 Å². The number of hydrogen-bond acceptors (Lipinski definition) is 2. The number of aliphatic imine (C=N–C) groups is 1. The summed E-state index contributed by atoms with van der Waals surface area (Å²) >= 11 is 0. The summed E-state index contributed by atoms with van der Waals surface area (Å²) in [6, 6.07) is 22.5. The van der Waals surface area contributed by atoms with Gasteiger partial charge >= 0.3 is 0 Å². The van der Waals surface area contributed by atoms with Gasteiger partial charge in [-0.3, -0.25) is 0 Å². The van der Waals surface area contributed by atoms with Gasteiger partial charge in [0.25, 0.3) is 0 Å². The first kappa shape index (κ1) is 15.9. The quantitative estimate of drug-likeness (QED) is 0.300. The lowest BCUT2D eigenvalue weighted by molar-refractivity contribution is 0.967. The van der Waals surface area contributed by atoms with Gasteiger partial charge in [-0.1, -0.05) is 60.7 Å². The van der Waals surface area contributed by atoms with Crippen LogP contribution in [0.1, 0.15) is 11.1 Å². The molecule has 5 heteroatoms. The molecule has 0 saturated carbocycles. The normalized spacial score (nSPS) is 12.2. The summed E-state index contributed by atoms with van der Waals surface area (Å²) in [4.78, 5) is 7.60. The molecule has 0 aliphatic carbocycles. The van der Waals surface area contributed by atoms with E-state index in [1.807, 2.05) is 48.7 Å². The number of guanidine groups is 1. The molecule has 0 aliphatic heterocycles. The minimum Gasteiger partial charge on any atom is -0.369 e. The highest BCUT2D eigenvalue weighted by Gasteiger charge is 2.01. The molecular formula is C21H19N5. The van der Waals surface area contributed by atoms with Gasteiger partial charge in [0.2, 0.25) is 5.96 Å². The average molecular weight is 341 g/mol. The van der Waals surface area contributed by atoms with Crippen LogP contribution < -0.4 is 11.2 Å². The van der Waals surface area contributed by atoms with Gasteiger partial charge in [-0.15, -0.1) is 0 Å². The molecule has 0 spiro atoms. The summed E-state index contributed by atoms with van der Waals surface area (Å²) in [6.07, 6.45) is 3.65. The number of nitrogens with two attached hydrogens (primary N) is 1. The van der Waals surface area contributed by atoms with E-state index in [0.29, 0.717) is 6.54 Å². The Bertz CT molecular complexity index is 1100. The standard InChI is InChI=1S/C21H19N5/c22-21(24-12-16-8-5-7-15-6-1-2-9-18(15)16)26-25-14-17-13-23-20-11-4-3-10-19(17)20/h1-11,13-14,23H,12H2,(H3,22,24,26). The van der Waals surface area contributed by atoms with Gasteiger partial charge in [-0.2, -0.15) is 5.10 Å². The molecule has 0 radical (unpaired) electrons. The highest BCUT2D eigenvalue weighted by Crippen LogP contribution is 2.19. The number of para-hydroxylation sites is 1. The summed E-state index contributed by atoms with van der Waals surface area (Å²) in [5.74, 6) is 0.286. The van der Waals surface area contributed by atoms with E-state index in [4.69, 9.17) is 5.73 Å². The number of nitrogens with one attached hydrogen (secondary N) is 2. The van der Waals surface area contributed by atoms with Crippen LogP contribution in [0, 0.1) is 0 Å². The summed E-state index contributed by atoms with van der Waals surface area (Å²) in [5, 5.41) is 7.69. The largest absolute Gasteiger partial charge is 0.369 e. The van der Waals surface area contributed by atoms with Crippen molar-refractivity contribution in [1.29, 1.82) is 0 Å². The number of hydrogen-bond donors (Lipinski definition) is 3. The van der Waals surface area contributed by atoms with Crippen molar-refractivity contribution in [2.45, 2.75) is 6.54 Å². The number of nitrogens with zero attached hydrogens (tertiary/aromatic N) is 2. The molecule has 0 unspecified atom stereocenters. The van der Waals surface area contributed by atoms with E-state index in [9.17, 15) is 0 Å². The Balaban J connectivity index is 1.45. The maximum absolute atomic E-state index is 5.94. The first-order valence-corrected chi connectivity index (χ1v) is 8.43. The number of aromatic amines is 1. The van der Waals surface area contributed by atoms with Gasteiger partial charge in [-0.05, 0) is 22.4 Å². The van der Waals surface area contributed by atoms with Crippen molar-refractivity contribution in [1.82, 2.24) is 10.4 Å². The van der Waals surface area contributed by atoms with E-state index < -0.39 is 0 Å². The third kappa shape index (κ3) is 3.28. The molecule has 5 nitrogen and oxygen atoms in total. The second-order valence-corrected chi connectivity index (χ2v) is 6.00. The fourth-order valence-corrected chi connectivity index (χ4v) is 3.00. The minimum atomic E-state index is 0.286. The van der Waals surface area contributed by atoms with E-state index in [0.717, 1.165) is 22.0 Å². The Morgan fingerprint density at radius 3 is 2.65 bits per heavy atom. The smallest absolute Gasteiger partial charge is 0.209 e. The molecule has 3 aromatic carbocycles. The van der Waals surface area contributed by atoms with Crippen LogP contribution in [-0.2, 0) is 6.54 Å². The molecule has 0 bridgehead atoms. The Kier molecular flexibility index (Phi) is 4.35. The third-order valence-corrected chi connectivity index (χ3v) is 4.30. The summed E-state index contributed by atoms with van der Waals surface area (Å²) in [5.41, 5.74) is 11.9. The monoisotopic (exact) mass is 341 g/mol. The third-order valence-electron chi connectivity index (χ3n) is 4.30. The maximum atomic E-state index is 5.94. The van der Waals surface area contributed by atoms with Gasteiger partial charge < -0.3 is 10.7 Å². The van der Waals surface area contributed by atoms with Gasteiger partial charge in [0.1, 0.15) is 0 Å². The van der Waals surface area contributed by atoms with Crippen LogP contribution in [0.2, 0.25) is 0 Å². The molecule has 1 aromatic heterocycles. The SMILES string of the molecule is NC(=NCc1cccc2ccccc12)NN=Cc1c[nH]c2ccccc12. The highest BCUT2D eigenvalue weighted by atomic mass is 15.3. The first-order valence-electron chi connectivity index (χ1n) is 8.43. The van der Waals surface area contributed by atoms with E-state index in [1.165, 1.54) is 10.8 Å². The topological polar surface area (TPSA) is 78.6 Å². The Morgan fingerprint density at radius 1 is 0.962 bits per heavy atom. The molecule has 26 heavy (non-hydrogen) atoms. The van der Waals surface area contributed by atoms with Crippen LogP contribution in [0.15, 0.2) is 83.0 Å². The van der Waals surface area contributed by atoms with Crippen LogP contribution >= 0.6 is 0 Å². The Morgan fingerprint density at radius 2 is 1.73 bits per heavy atom. The van der Waals surface area contributed by atoms with Crippen molar-refractivity contribution in [3.63, 3.8) is 0 Å². The molecule has 4 rings (SSSR count). The molecule has 4 N–H and O–H groups in total. The second-order valence-electron chi connectivity index (χ2n) is 6.00. The fraction of sp³-hybridized carbons (Fsp3) is 0.0476. The lowest BCUT2D eigenvalue weighted by atomic mass is 10.1. The number of rotatable bonds is 4. The number of H-pyrrole nitrogens is 1. The van der Waals surface area contributed by atoms with Crippen molar-refractivity contribution < 1.29 is 0 Å². The summed E-state index contributed by atoms with van der Waals surface area (Å²) in [6.45, 7) is 0.503. The van der Waals surface area contributed by atoms with Gasteiger partial charge in [0.05, 0.1) is 12.8 Å². The maximum Gasteiger partial charge on any atom is 0.209 e. The molecule has 0 fully saturated rings. The highest BCUT2D eigenvalue weighted by molar-refractivity contribution is 5.99. The molecule has 0 saturated heterocycles. The minimum absolute atomic E-state index is 0.286. The predicted molar refractivity (Wildman–Crippen MR) is 108 cm³/mol. The van der Waals surface area contributed by atoms with Crippen molar-refractivity contribution in [2.75, 3.05) is 0 Å².